The minimum absolute atomic E-state index is 0.0263. The van der Waals surface area contributed by atoms with Crippen LogP contribution in [0.15, 0.2) is 42.6 Å². The summed E-state index contributed by atoms with van der Waals surface area (Å²) in [7, 11) is 1.82. The number of rotatable bonds is 4. The lowest BCUT2D eigenvalue weighted by molar-refractivity contribution is -0.137. The van der Waals surface area contributed by atoms with Crippen LogP contribution in [0.2, 0.25) is 0 Å². The number of aromatic nitrogens is 1. The van der Waals surface area contributed by atoms with E-state index in [9.17, 15) is 13.2 Å². The summed E-state index contributed by atoms with van der Waals surface area (Å²) in [4.78, 5) is 4.32. The van der Waals surface area contributed by atoms with E-state index < -0.39 is 11.7 Å². The Hall–Kier alpha value is -1.88. The maximum atomic E-state index is 12.5. The molecule has 112 valence electrons. The number of aryl methyl sites for hydroxylation is 1. The molecule has 5 heteroatoms. The van der Waals surface area contributed by atoms with Crippen LogP contribution in [-0.2, 0) is 12.6 Å². The summed E-state index contributed by atoms with van der Waals surface area (Å²) in [5.41, 5.74) is 2.21. The van der Waals surface area contributed by atoms with E-state index in [0.29, 0.717) is 6.42 Å². The molecular weight excluding hydrogens is 277 g/mol. The molecule has 1 aromatic heterocycles. The van der Waals surface area contributed by atoms with Crippen LogP contribution in [-0.4, -0.2) is 12.0 Å². The third kappa shape index (κ3) is 4.04. The lowest BCUT2D eigenvalue weighted by Crippen LogP contribution is -2.20. The highest BCUT2D eigenvalue weighted by atomic mass is 19.4. The maximum Gasteiger partial charge on any atom is 0.416 e. The molecule has 2 rings (SSSR count). The van der Waals surface area contributed by atoms with E-state index >= 15 is 0 Å². The van der Waals surface area contributed by atoms with E-state index in [1.807, 2.05) is 26.1 Å². The summed E-state index contributed by atoms with van der Waals surface area (Å²) in [5.74, 6) is 0. The van der Waals surface area contributed by atoms with Crippen molar-refractivity contribution in [3.63, 3.8) is 0 Å². The van der Waals surface area contributed by atoms with Crippen molar-refractivity contribution >= 4 is 0 Å². The first-order chi connectivity index (χ1) is 9.90. The molecule has 1 heterocycles. The Kier molecular flexibility index (Phi) is 4.63. The molecule has 0 fully saturated rings. The highest BCUT2D eigenvalue weighted by molar-refractivity contribution is 5.27. The lowest BCUT2D eigenvalue weighted by Gasteiger charge is -2.16. The molecule has 0 amide bonds. The van der Waals surface area contributed by atoms with E-state index in [1.165, 1.54) is 12.1 Å². The van der Waals surface area contributed by atoms with Gasteiger partial charge >= 0.3 is 6.18 Å². The van der Waals surface area contributed by atoms with Gasteiger partial charge in [-0.15, -0.1) is 0 Å². The van der Waals surface area contributed by atoms with Gasteiger partial charge in [0.05, 0.1) is 17.3 Å². The normalized spacial score (nSPS) is 13.2. The van der Waals surface area contributed by atoms with Gasteiger partial charge in [0.2, 0.25) is 0 Å². The van der Waals surface area contributed by atoms with Crippen molar-refractivity contribution < 1.29 is 13.2 Å². The molecule has 0 radical (unpaired) electrons. The van der Waals surface area contributed by atoms with Crippen molar-refractivity contribution in [1.29, 1.82) is 0 Å². The zero-order valence-electron chi connectivity index (χ0n) is 11.9. The van der Waals surface area contributed by atoms with Crippen LogP contribution in [0, 0.1) is 6.92 Å². The topological polar surface area (TPSA) is 24.9 Å². The van der Waals surface area contributed by atoms with Crippen molar-refractivity contribution in [3.05, 3.63) is 65.0 Å². The molecule has 2 nitrogen and oxygen atoms in total. The number of likely N-dealkylation sites (N-methyl/N-ethyl adjacent to an activating group) is 1. The summed E-state index contributed by atoms with van der Waals surface area (Å²) in [6.07, 6.45) is -1.97. The molecule has 0 aliphatic carbocycles. The predicted octanol–water partition coefficient (Wildman–Crippen LogP) is 3.91. The van der Waals surface area contributed by atoms with Gasteiger partial charge in [0, 0.05) is 6.20 Å². The fraction of sp³-hybridized carbons (Fsp3) is 0.312. The summed E-state index contributed by atoms with van der Waals surface area (Å²) >= 11 is 0. The quantitative estimate of drug-likeness (QED) is 0.924. The fourth-order valence-corrected chi connectivity index (χ4v) is 2.17. The van der Waals surface area contributed by atoms with Gasteiger partial charge < -0.3 is 5.32 Å². The third-order valence-corrected chi connectivity index (χ3v) is 3.36. The zero-order chi connectivity index (χ0) is 15.5. The lowest BCUT2D eigenvalue weighted by atomic mass is 10.0. The Morgan fingerprint density at radius 3 is 2.33 bits per heavy atom. The van der Waals surface area contributed by atoms with E-state index in [-0.39, 0.29) is 6.04 Å². The molecule has 0 bridgehead atoms. The van der Waals surface area contributed by atoms with Crippen LogP contribution < -0.4 is 5.32 Å². The summed E-state index contributed by atoms with van der Waals surface area (Å²) in [6.45, 7) is 1.98. The van der Waals surface area contributed by atoms with Crippen molar-refractivity contribution in [2.45, 2.75) is 25.6 Å². The maximum absolute atomic E-state index is 12.5. The van der Waals surface area contributed by atoms with Crippen LogP contribution >= 0.6 is 0 Å². The first-order valence-corrected chi connectivity index (χ1v) is 6.66. The summed E-state index contributed by atoms with van der Waals surface area (Å²) < 4.78 is 37.6. The van der Waals surface area contributed by atoms with Crippen LogP contribution in [0.4, 0.5) is 13.2 Å². The van der Waals surface area contributed by atoms with Gasteiger partial charge in [-0.05, 0) is 55.8 Å². The van der Waals surface area contributed by atoms with Crippen molar-refractivity contribution in [1.82, 2.24) is 10.3 Å². The Morgan fingerprint density at radius 1 is 1.14 bits per heavy atom. The molecule has 1 aromatic carbocycles. The molecule has 0 aliphatic rings. The van der Waals surface area contributed by atoms with Crippen molar-refractivity contribution in [2.75, 3.05) is 7.05 Å². The highest BCUT2D eigenvalue weighted by Gasteiger charge is 2.30. The van der Waals surface area contributed by atoms with E-state index in [2.05, 4.69) is 10.3 Å². The molecule has 1 atom stereocenters. The van der Waals surface area contributed by atoms with Gasteiger partial charge in [-0.25, -0.2) is 0 Å². The van der Waals surface area contributed by atoms with Gasteiger partial charge in [0.1, 0.15) is 0 Å². The van der Waals surface area contributed by atoms with Crippen molar-refractivity contribution in [3.8, 4) is 0 Å². The summed E-state index contributed by atoms with van der Waals surface area (Å²) in [5, 5.41) is 3.15. The smallest absolute Gasteiger partial charge is 0.311 e. The van der Waals surface area contributed by atoms with Gasteiger partial charge in [0.15, 0.2) is 0 Å². The SMILES string of the molecule is CNC(Cc1ccc(C(F)(F)F)cc1)c1cc(C)ccn1. The van der Waals surface area contributed by atoms with E-state index in [1.54, 1.807) is 6.20 Å². The van der Waals surface area contributed by atoms with Gasteiger partial charge in [-0.2, -0.15) is 13.2 Å². The second-order valence-corrected chi connectivity index (χ2v) is 5.00. The molecule has 0 spiro atoms. The fourth-order valence-electron chi connectivity index (χ4n) is 2.17. The Morgan fingerprint density at radius 2 is 1.81 bits per heavy atom. The van der Waals surface area contributed by atoms with Crippen LogP contribution in [0.5, 0.6) is 0 Å². The van der Waals surface area contributed by atoms with Crippen molar-refractivity contribution in [2.24, 2.45) is 0 Å². The molecule has 1 unspecified atom stereocenters. The highest BCUT2D eigenvalue weighted by Crippen LogP contribution is 2.29. The second kappa shape index (κ2) is 6.26. The number of pyridine rings is 1. The van der Waals surface area contributed by atoms with Crippen LogP contribution in [0.25, 0.3) is 0 Å². The molecule has 0 aliphatic heterocycles. The molecular formula is C16H17F3N2. The number of hydrogen-bond donors (Lipinski definition) is 1. The van der Waals surface area contributed by atoms with Gasteiger partial charge in [-0.3, -0.25) is 4.98 Å². The monoisotopic (exact) mass is 294 g/mol. The number of hydrogen-bond acceptors (Lipinski definition) is 2. The standard InChI is InChI=1S/C16H17F3N2/c1-11-7-8-21-15(9-11)14(20-2)10-12-3-5-13(6-4-12)16(17,18)19/h3-9,14,20H,10H2,1-2H3. The molecule has 0 saturated carbocycles. The first kappa shape index (κ1) is 15.5. The number of nitrogens with zero attached hydrogens (tertiary/aromatic N) is 1. The second-order valence-electron chi connectivity index (χ2n) is 5.00. The van der Waals surface area contributed by atoms with Crippen LogP contribution in [0.3, 0.4) is 0 Å². The first-order valence-electron chi connectivity index (χ1n) is 6.66. The number of benzene rings is 1. The number of alkyl halides is 3. The van der Waals surface area contributed by atoms with E-state index in [0.717, 1.165) is 29.0 Å². The van der Waals surface area contributed by atoms with Gasteiger partial charge in [-0.1, -0.05) is 12.1 Å². The Labute approximate surface area is 122 Å². The summed E-state index contributed by atoms with van der Waals surface area (Å²) in [6, 6.07) is 9.13. The minimum atomic E-state index is -4.29. The number of nitrogens with one attached hydrogen (secondary N) is 1. The average Bonchev–Trinajstić information content (AvgIpc) is 2.44. The Balaban J connectivity index is 2.15. The Bertz CT molecular complexity index is 591. The van der Waals surface area contributed by atoms with Crippen LogP contribution in [0.1, 0.15) is 28.4 Å². The molecule has 2 aromatic rings. The molecule has 1 N–H and O–H groups in total. The van der Waals surface area contributed by atoms with E-state index in [4.69, 9.17) is 0 Å². The average molecular weight is 294 g/mol. The molecule has 0 saturated heterocycles. The predicted molar refractivity (Wildman–Crippen MR) is 75.9 cm³/mol. The third-order valence-electron chi connectivity index (χ3n) is 3.36. The largest absolute Gasteiger partial charge is 0.416 e. The number of halogens is 3. The minimum Gasteiger partial charge on any atom is -0.311 e. The molecule has 21 heavy (non-hydrogen) atoms. The zero-order valence-corrected chi connectivity index (χ0v) is 11.9. The van der Waals surface area contributed by atoms with Gasteiger partial charge in [0.25, 0.3) is 0 Å².